The summed E-state index contributed by atoms with van der Waals surface area (Å²) in [4.78, 5) is 5.52. The van der Waals surface area contributed by atoms with E-state index in [0.29, 0.717) is 18.8 Å². The summed E-state index contributed by atoms with van der Waals surface area (Å²) in [6, 6.07) is 7.90. The van der Waals surface area contributed by atoms with Crippen molar-refractivity contribution < 1.29 is 4.52 Å². The van der Waals surface area contributed by atoms with Gasteiger partial charge in [0.2, 0.25) is 0 Å². The molecule has 0 amide bonds. The summed E-state index contributed by atoms with van der Waals surface area (Å²) in [5, 5.41) is 6.93. The Morgan fingerprint density at radius 3 is 3.09 bits per heavy atom. The van der Waals surface area contributed by atoms with Gasteiger partial charge in [-0.05, 0) is 24.4 Å². The molecule has 0 aliphatic carbocycles. The second kappa shape index (κ2) is 7.11. The number of hydrogen-bond donors (Lipinski definition) is 1. The lowest BCUT2D eigenvalue weighted by molar-refractivity contribution is 0.378. The van der Waals surface area contributed by atoms with Gasteiger partial charge >= 0.3 is 0 Å². The molecule has 0 saturated heterocycles. The van der Waals surface area contributed by atoms with E-state index in [0.717, 1.165) is 21.7 Å². The molecule has 0 saturated carbocycles. The van der Waals surface area contributed by atoms with E-state index in [9.17, 15) is 0 Å². The Kier molecular flexibility index (Phi) is 4.73. The summed E-state index contributed by atoms with van der Waals surface area (Å²) in [6.07, 6.45) is 7.76. The van der Waals surface area contributed by atoms with Gasteiger partial charge in [-0.1, -0.05) is 23.4 Å². The molecule has 3 aromatic heterocycles. The highest BCUT2D eigenvalue weighted by Crippen LogP contribution is 2.24. The standard InChI is InChI=1S/C17H18N4OS/c1-2-3-7-19-15-6-8-21(12-14(15)18)11-13-10-16(20-22-13)17-5-4-9-23-17/h2-6,8-10,12H,7,11,18H2,1H3/b3-2+,19-15?. The van der Waals surface area contributed by atoms with Crippen LogP contribution in [-0.4, -0.2) is 16.3 Å². The molecule has 0 atom stereocenters. The molecule has 0 aromatic carbocycles. The van der Waals surface area contributed by atoms with Crippen LogP contribution in [0.4, 0.5) is 5.69 Å². The Labute approximate surface area is 138 Å². The molecule has 2 N–H and O–H groups in total. The average molecular weight is 326 g/mol. The molecule has 0 unspecified atom stereocenters. The van der Waals surface area contributed by atoms with Gasteiger partial charge in [0.15, 0.2) is 5.76 Å². The van der Waals surface area contributed by atoms with Gasteiger partial charge in [-0.15, -0.1) is 11.3 Å². The molecule has 0 aliphatic rings. The first kappa shape index (κ1) is 15.3. The maximum atomic E-state index is 6.06. The molecule has 0 aliphatic heterocycles. The number of thiophene rings is 1. The van der Waals surface area contributed by atoms with Crippen LogP contribution in [0.25, 0.3) is 10.6 Å². The Balaban J connectivity index is 1.76. The van der Waals surface area contributed by atoms with Crippen LogP contribution < -0.4 is 11.1 Å². The SMILES string of the molecule is C/C=C/CN=c1ccn(Cc2cc(-c3cccs3)no2)cc1N. The van der Waals surface area contributed by atoms with E-state index in [1.807, 2.05) is 65.7 Å². The minimum atomic E-state index is 0.581. The zero-order valence-corrected chi connectivity index (χ0v) is 13.7. The summed E-state index contributed by atoms with van der Waals surface area (Å²) < 4.78 is 7.37. The monoisotopic (exact) mass is 326 g/mol. The Hall–Kier alpha value is -2.60. The summed E-state index contributed by atoms with van der Waals surface area (Å²) in [5.41, 5.74) is 7.57. The molecule has 3 aromatic rings. The van der Waals surface area contributed by atoms with E-state index >= 15 is 0 Å². The maximum Gasteiger partial charge on any atom is 0.157 e. The van der Waals surface area contributed by atoms with Crippen LogP contribution in [0.1, 0.15) is 12.7 Å². The average Bonchev–Trinajstić information content (AvgIpc) is 3.20. The van der Waals surface area contributed by atoms with Gasteiger partial charge in [0.1, 0.15) is 5.69 Å². The van der Waals surface area contributed by atoms with E-state index in [4.69, 9.17) is 10.3 Å². The smallest absolute Gasteiger partial charge is 0.157 e. The number of nitrogens with zero attached hydrogens (tertiary/aromatic N) is 3. The number of anilines is 1. The lowest BCUT2D eigenvalue weighted by Gasteiger charge is -2.05. The van der Waals surface area contributed by atoms with Gasteiger partial charge in [-0.3, -0.25) is 4.99 Å². The van der Waals surface area contributed by atoms with Crippen molar-refractivity contribution in [3.05, 3.63) is 65.3 Å². The first-order chi connectivity index (χ1) is 11.3. The number of allylic oxidation sites excluding steroid dienone is 1. The Morgan fingerprint density at radius 1 is 1.43 bits per heavy atom. The number of nitrogen functional groups attached to an aromatic ring is 1. The fraction of sp³-hybridized carbons (Fsp3) is 0.176. The van der Waals surface area contributed by atoms with Gasteiger partial charge < -0.3 is 14.8 Å². The molecule has 5 nitrogen and oxygen atoms in total. The third-order valence-corrected chi connectivity index (χ3v) is 4.19. The fourth-order valence-electron chi connectivity index (χ4n) is 2.16. The van der Waals surface area contributed by atoms with Crippen molar-refractivity contribution in [3.63, 3.8) is 0 Å². The molecular formula is C17H18N4OS. The topological polar surface area (TPSA) is 69.3 Å². The normalized spacial score (nSPS) is 12.3. The van der Waals surface area contributed by atoms with Crippen LogP contribution in [-0.2, 0) is 6.54 Å². The quantitative estimate of drug-likeness (QED) is 0.731. The fourth-order valence-corrected chi connectivity index (χ4v) is 2.83. The highest BCUT2D eigenvalue weighted by molar-refractivity contribution is 7.13. The second-order valence-electron chi connectivity index (χ2n) is 5.02. The lowest BCUT2D eigenvalue weighted by atomic mass is 10.3. The first-order valence-electron chi connectivity index (χ1n) is 7.33. The molecular weight excluding hydrogens is 308 g/mol. The molecule has 0 bridgehead atoms. The summed E-state index contributed by atoms with van der Waals surface area (Å²) in [6.45, 7) is 3.19. The Bertz CT molecular complexity index is 859. The van der Waals surface area contributed by atoms with Crippen molar-refractivity contribution in [2.75, 3.05) is 12.3 Å². The zero-order chi connectivity index (χ0) is 16.1. The summed E-state index contributed by atoms with van der Waals surface area (Å²) >= 11 is 1.64. The van der Waals surface area contributed by atoms with Crippen molar-refractivity contribution in [2.45, 2.75) is 13.5 Å². The maximum absolute atomic E-state index is 6.06. The highest BCUT2D eigenvalue weighted by Gasteiger charge is 2.07. The molecule has 0 spiro atoms. The molecule has 118 valence electrons. The second-order valence-corrected chi connectivity index (χ2v) is 5.97. The van der Waals surface area contributed by atoms with Crippen LogP contribution in [0.5, 0.6) is 0 Å². The van der Waals surface area contributed by atoms with E-state index in [1.54, 1.807) is 11.3 Å². The van der Waals surface area contributed by atoms with Crippen molar-refractivity contribution in [1.82, 2.24) is 9.72 Å². The third kappa shape index (κ3) is 3.78. The van der Waals surface area contributed by atoms with E-state index in [-0.39, 0.29) is 0 Å². The van der Waals surface area contributed by atoms with Crippen LogP contribution in [0, 0.1) is 0 Å². The third-order valence-electron chi connectivity index (χ3n) is 3.30. The van der Waals surface area contributed by atoms with Gasteiger partial charge in [-0.2, -0.15) is 0 Å². The number of pyridine rings is 1. The highest BCUT2D eigenvalue weighted by atomic mass is 32.1. The molecule has 3 heterocycles. The van der Waals surface area contributed by atoms with Gasteiger partial charge in [-0.25, -0.2) is 0 Å². The lowest BCUT2D eigenvalue weighted by Crippen LogP contribution is -2.13. The van der Waals surface area contributed by atoms with Crippen LogP contribution in [0.3, 0.4) is 0 Å². The van der Waals surface area contributed by atoms with E-state index < -0.39 is 0 Å². The van der Waals surface area contributed by atoms with E-state index in [1.165, 1.54) is 0 Å². The van der Waals surface area contributed by atoms with Gasteiger partial charge in [0, 0.05) is 18.5 Å². The molecule has 3 rings (SSSR count). The largest absolute Gasteiger partial charge is 0.396 e. The summed E-state index contributed by atoms with van der Waals surface area (Å²) in [7, 11) is 0. The van der Waals surface area contributed by atoms with Gasteiger partial charge in [0.25, 0.3) is 0 Å². The molecule has 6 heteroatoms. The van der Waals surface area contributed by atoms with Gasteiger partial charge in [0.05, 0.1) is 29.0 Å². The van der Waals surface area contributed by atoms with Crippen LogP contribution >= 0.6 is 11.3 Å². The first-order valence-corrected chi connectivity index (χ1v) is 8.21. The van der Waals surface area contributed by atoms with E-state index in [2.05, 4.69) is 10.1 Å². The van der Waals surface area contributed by atoms with Crippen molar-refractivity contribution >= 4 is 17.0 Å². The van der Waals surface area contributed by atoms with Crippen molar-refractivity contribution in [2.24, 2.45) is 4.99 Å². The van der Waals surface area contributed by atoms with Crippen LogP contribution in [0.2, 0.25) is 0 Å². The number of aromatic nitrogens is 2. The number of hydrogen-bond acceptors (Lipinski definition) is 5. The predicted octanol–water partition coefficient (Wildman–Crippen LogP) is 3.31. The minimum Gasteiger partial charge on any atom is -0.396 e. The minimum absolute atomic E-state index is 0.581. The predicted molar refractivity (Wildman–Crippen MR) is 93.0 cm³/mol. The molecule has 0 radical (unpaired) electrons. The van der Waals surface area contributed by atoms with Crippen molar-refractivity contribution in [1.29, 1.82) is 0 Å². The van der Waals surface area contributed by atoms with Crippen LogP contribution in [0.15, 0.2) is 63.7 Å². The zero-order valence-electron chi connectivity index (χ0n) is 12.8. The van der Waals surface area contributed by atoms with Crippen molar-refractivity contribution in [3.8, 4) is 10.6 Å². The number of rotatable bonds is 5. The Morgan fingerprint density at radius 2 is 2.35 bits per heavy atom. The molecule has 0 fully saturated rings. The summed E-state index contributed by atoms with van der Waals surface area (Å²) in [5.74, 6) is 0.788. The molecule has 23 heavy (non-hydrogen) atoms. The number of nitrogens with two attached hydrogens (primary N) is 1.